The lowest BCUT2D eigenvalue weighted by Gasteiger charge is -2.39. The van der Waals surface area contributed by atoms with Gasteiger partial charge in [-0.3, -0.25) is 9.59 Å². The van der Waals surface area contributed by atoms with Crippen LogP contribution in [-0.4, -0.2) is 45.3 Å². The molecule has 7 heteroatoms. The van der Waals surface area contributed by atoms with Crippen molar-refractivity contribution in [2.45, 2.75) is 32.5 Å². The van der Waals surface area contributed by atoms with Crippen molar-refractivity contribution in [1.29, 1.82) is 0 Å². The fourth-order valence-corrected chi connectivity index (χ4v) is 4.19. The van der Waals surface area contributed by atoms with Crippen molar-refractivity contribution in [3.63, 3.8) is 0 Å². The van der Waals surface area contributed by atoms with Crippen LogP contribution in [0.1, 0.15) is 41.5 Å². The molecule has 0 saturated heterocycles. The van der Waals surface area contributed by atoms with Gasteiger partial charge in [-0.05, 0) is 61.9 Å². The molecule has 0 fully saturated rings. The summed E-state index contributed by atoms with van der Waals surface area (Å²) in [4.78, 5) is 29.6. The molecule has 0 bridgehead atoms. The van der Waals surface area contributed by atoms with E-state index in [2.05, 4.69) is 4.57 Å². The molecule has 0 spiro atoms. The number of carbonyl (C=O) groups excluding carboxylic acids is 2. The van der Waals surface area contributed by atoms with Gasteiger partial charge in [0, 0.05) is 36.6 Å². The predicted octanol–water partition coefficient (Wildman–Crippen LogP) is 4.25. The summed E-state index contributed by atoms with van der Waals surface area (Å²) in [6.45, 7) is 4.52. The normalized spacial score (nSPS) is 15.5. The van der Waals surface area contributed by atoms with E-state index in [1.165, 1.54) is 41.3 Å². The van der Waals surface area contributed by atoms with Gasteiger partial charge in [-0.15, -0.1) is 0 Å². The van der Waals surface area contributed by atoms with Gasteiger partial charge in [0.1, 0.15) is 18.2 Å². The number of benzene rings is 2. The molecule has 5 nitrogen and oxygen atoms in total. The van der Waals surface area contributed by atoms with Crippen molar-refractivity contribution in [2.24, 2.45) is 0 Å². The first-order chi connectivity index (χ1) is 15.3. The highest BCUT2D eigenvalue weighted by molar-refractivity contribution is 5.96. The van der Waals surface area contributed by atoms with E-state index in [-0.39, 0.29) is 29.9 Å². The molecule has 2 amide bonds. The van der Waals surface area contributed by atoms with E-state index in [0.29, 0.717) is 18.7 Å². The Hall–Kier alpha value is -3.48. The summed E-state index contributed by atoms with van der Waals surface area (Å²) in [5, 5.41) is 0. The third-order valence-electron chi connectivity index (χ3n) is 5.78. The smallest absolute Gasteiger partial charge is 0.254 e. The van der Waals surface area contributed by atoms with Gasteiger partial charge in [0.05, 0.1) is 6.04 Å². The molecule has 4 rings (SSSR count). The van der Waals surface area contributed by atoms with Gasteiger partial charge < -0.3 is 14.4 Å². The summed E-state index contributed by atoms with van der Waals surface area (Å²) in [6, 6.07) is 14.8. The molecular weight excluding hydrogens is 412 g/mol. The zero-order valence-corrected chi connectivity index (χ0v) is 18.0. The third kappa shape index (κ3) is 4.28. The number of fused-ring (bicyclic) bond motifs is 1. The quantitative estimate of drug-likeness (QED) is 0.599. The fourth-order valence-electron chi connectivity index (χ4n) is 4.19. The predicted molar refractivity (Wildman–Crippen MR) is 117 cm³/mol. The summed E-state index contributed by atoms with van der Waals surface area (Å²) < 4.78 is 29.7. The average Bonchev–Trinajstić information content (AvgIpc) is 3.25. The molecule has 3 aromatic rings. The van der Waals surface area contributed by atoms with Crippen molar-refractivity contribution in [3.8, 4) is 0 Å². The van der Waals surface area contributed by atoms with Crippen molar-refractivity contribution in [1.82, 2.24) is 14.4 Å². The lowest BCUT2D eigenvalue weighted by Crippen LogP contribution is -2.49. The molecule has 2 aromatic carbocycles. The van der Waals surface area contributed by atoms with Crippen LogP contribution in [0.3, 0.4) is 0 Å². The van der Waals surface area contributed by atoms with E-state index in [0.717, 1.165) is 5.69 Å². The van der Waals surface area contributed by atoms with E-state index in [1.807, 2.05) is 32.2 Å². The molecule has 1 atom stereocenters. The zero-order valence-electron chi connectivity index (χ0n) is 18.0. The summed E-state index contributed by atoms with van der Waals surface area (Å²) in [7, 11) is 0. The lowest BCUT2D eigenvalue weighted by molar-refractivity contribution is -0.135. The maximum absolute atomic E-state index is 14.0. The molecule has 0 saturated carbocycles. The van der Waals surface area contributed by atoms with Gasteiger partial charge in [0.25, 0.3) is 5.91 Å². The number of hydrogen-bond acceptors (Lipinski definition) is 2. The van der Waals surface area contributed by atoms with Gasteiger partial charge >= 0.3 is 0 Å². The number of nitrogens with zero attached hydrogens (tertiary/aromatic N) is 3. The summed E-state index contributed by atoms with van der Waals surface area (Å²) in [5.74, 6) is -1.53. The Morgan fingerprint density at radius 1 is 1.00 bits per heavy atom. The second-order valence-electron chi connectivity index (χ2n) is 8.21. The summed E-state index contributed by atoms with van der Waals surface area (Å²) in [6.07, 6.45) is 1.94. The Labute approximate surface area is 185 Å². The molecule has 1 unspecified atom stereocenters. The van der Waals surface area contributed by atoms with E-state index in [9.17, 15) is 18.4 Å². The van der Waals surface area contributed by atoms with Crippen LogP contribution in [0.2, 0.25) is 0 Å². The topological polar surface area (TPSA) is 45.6 Å². The fraction of sp³-hybridized carbons (Fsp3) is 0.280. The molecule has 1 aromatic heterocycles. The second kappa shape index (κ2) is 8.94. The molecule has 0 radical (unpaired) electrons. The molecule has 1 aliphatic heterocycles. The first-order valence-corrected chi connectivity index (χ1v) is 10.6. The van der Waals surface area contributed by atoms with Gasteiger partial charge in [0.2, 0.25) is 5.91 Å². The molecule has 1 aliphatic rings. The molecule has 166 valence electrons. The van der Waals surface area contributed by atoms with Crippen LogP contribution in [0.25, 0.3) is 0 Å². The highest BCUT2D eigenvalue weighted by Crippen LogP contribution is 2.33. The van der Waals surface area contributed by atoms with Crippen molar-refractivity contribution >= 4 is 11.8 Å². The Kier molecular flexibility index (Phi) is 6.08. The minimum absolute atomic E-state index is 0.153. The first kappa shape index (κ1) is 21.7. The van der Waals surface area contributed by atoms with E-state index in [1.54, 1.807) is 17.0 Å². The van der Waals surface area contributed by atoms with Crippen LogP contribution >= 0.6 is 0 Å². The molecule has 0 aliphatic carbocycles. The van der Waals surface area contributed by atoms with Crippen LogP contribution in [0.15, 0.2) is 66.9 Å². The highest BCUT2D eigenvalue weighted by Gasteiger charge is 2.34. The lowest BCUT2D eigenvalue weighted by atomic mass is 9.99. The number of hydrogen-bond donors (Lipinski definition) is 0. The Bertz CT molecular complexity index is 1140. The first-order valence-electron chi connectivity index (χ1n) is 10.6. The van der Waals surface area contributed by atoms with Crippen molar-refractivity contribution in [3.05, 3.63) is 95.3 Å². The van der Waals surface area contributed by atoms with Gasteiger partial charge in [-0.25, -0.2) is 8.78 Å². The van der Waals surface area contributed by atoms with Gasteiger partial charge in [-0.1, -0.05) is 18.2 Å². The van der Waals surface area contributed by atoms with Crippen LogP contribution in [0.4, 0.5) is 8.78 Å². The maximum atomic E-state index is 14.0. The largest absolute Gasteiger partial charge is 0.348 e. The van der Waals surface area contributed by atoms with Crippen LogP contribution < -0.4 is 0 Å². The van der Waals surface area contributed by atoms with Crippen LogP contribution in [-0.2, 0) is 11.3 Å². The van der Waals surface area contributed by atoms with Crippen LogP contribution in [0, 0.1) is 11.6 Å². The molecular formula is C25H25F2N3O2. The Balaban J connectivity index is 1.63. The van der Waals surface area contributed by atoms with Gasteiger partial charge in [0.15, 0.2) is 0 Å². The number of halogens is 2. The number of rotatable bonds is 5. The minimum atomic E-state index is -0.506. The van der Waals surface area contributed by atoms with E-state index in [4.69, 9.17) is 0 Å². The molecule has 32 heavy (non-hydrogen) atoms. The Morgan fingerprint density at radius 2 is 1.72 bits per heavy atom. The zero-order chi connectivity index (χ0) is 22.8. The highest BCUT2D eigenvalue weighted by atomic mass is 19.1. The number of carbonyl (C=O) groups is 2. The summed E-state index contributed by atoms with van der Waals surface area (Å²) in [5.41, 5.74) is 1.76. The van der Waals surface area contributed by atoms with E-state index < -0.39 is 17.8 Å². The van der Waals surface area contributed by atoms with Crippen molar-refractivity contribution in [2.75, 3.05) is 13.1 Å². The minimum Gasteiger partial charge on any atom is -0.348 e. The standard InChI is InChI=1S/C25H25F2N3O2/c1-17(2)30(25(32)19-7-4-9-21(27)15-19)16-23(31)29-13-12-28-11-5-10-22(28)24(29)18-6-3-8-20(26)14-18/h3-11,14-15,17,24H,12-13,16H2,1-2H3. The second-order valence-corrected chi connectivity index (χ2v) is 8.21. The summed E-state index contributed by atoms with van der Waals surface area (Å²) >= 11 is 0. The molecule has 2 heterocycles. The number of aromatic nitrogens is 1. The molecule has 0 N–H and O–H groups in total. The van der Waals surface area contributed by atoms with E-state index >= 15 is 0 Å². The van der Waals surface area contributed by atoms with Crippen LogP contribution in [0.5, 0.6) is 0 Å². The average molecular weight is 437 g/mol. The number of amides is 2. The third-order valence-corrected chi connectivity index (χ3v) is 5.78. The van der Waals surface area contributed by atoms with Gasteiger partial charge in [-0.2, -0.15) is 0 Å². The monoisotopic (exact) mass is 437 g/mol. The Morgan fingerprint density at radius 3 is 2.41 bits per heavy atom. The SMILES string of the molecule is CC(C)N(CC(=O)N1CCn2cccc2C1c1cccc(F)c1)C(=O)c1cccc(F)c1. The maximum Gasteiger partial charge on any atom is 0.254 e. The van der Waals surface area contributed by atoms with Crippen molar-refractivity contribution < 1.29 is 18.4 Å².